The first-order valence-electron chi connectivity index (χ1n) is 24.7. The average Bonchev–Trinajstić information content (AvgIpc) is 3.88. The SMILES string of the molecule is CC(C)(C)c1cc(-c2cccc3cccc(-c4ccccc4N(c4ccc5c(c4)oc4ccccc45)c4ccccc4-c4ccc5c(c4)C(C)(c4ccccc4)c4ccccc4-5)c23)cc(C(C)(C)C)c1. The van der Waals surface area contributed by atoms with Gasteiger partial charge in [-0.3, -0.25) is 0 Å². The molecule has 0 saturated carbocycles. The van der Waals surface area contributed by atoms with Gasteiger partial charge in [0.05, 0.1) is 11.4 Å². The normalized spacial score (nSPS) is 14.6. The third-order valence-electron chi connectivity index (χ3n) is 15.1. The molecule has 1 aliphatic carbocycles. The number of anilines is 3. The summed E-state index contributed by atoms with van der Waals surface area (Å²) in [6.45, 7) is 16.3. The van der Waals surface area contributed by atoms with Crippen molar-refractivity contribution in [3.05, 3.63) is 246 Å². The second-order valence-corrected chi connectivity index (χ2v) is 21.5. The number of rotatable bonds is 7. The molecule has 340 valence electrons. The van der Waals surface area contributed by atoms with Crippen molar-refractivity contribution in [3.63, 3.8) is 0 Å². The Morgan fingerprint density at radius 3 is 1.69 bits per heavy atom. The Bertz CT molecular complexity index is 3780. The molecular formula is C68H57NO. The van der Waals surface area contributed by atoms with E-state index in [1.165, 1.54) is 66.4 Å². The Labute approximate surface area is 412 Å². The molecule has 11 aromatic rings. The minimum Gasteiger partial charge on any atom is -0.456 e. The van der Waals surface area contributed by atoms with E-state index in [0.29, 0.717) is 0 Å². The second-order valence-electron chi connectivity index (χ2n) is 21.5. The lowest BCUT2D eigenvalue weighted by Crippen LogP contribution is -2.22. The Balaban J connectivity index is 1.10. The predicted molar refractivity (Wildman–Crippen MR) is 297 cm³/mol. The third-order valence-corrected chi connectivity index (χ3v) is 15.1. The van der Waals surface area contributed by atoms with Crippen molar-refractivity contribution < 1.29 is 4.42 Å². The van der Waals surface area contributed by atoms with E-state index in [4.69, 9.17) is 4.42 Å². The van der Waals surface area contributed by atoms with Crippen LogP contribution in [0.2, 0.25) is 0 Å². The number of para-hydroxylation sites is 3. The number of hydrogen-bond donors (Lipinski definition) is 0. The summed E-state index contributed by atoms with van der Waals surface area (Å²) in [5.41, 5.74) is 20.9. The summed E-state index contributed by atoms with van der Waals surface area (Å²) in [5, 5.41) is 4.66. The average molecular weight is 904 g/mol. The molecule has 0 aliphatic heterocycles. The fourth-order valence-corrected chi connectivity index (χ4v) is 11.3. The molecule has 0 spiro atoms. The summed E-state index contributed by atoms with van der Waals surface area (Å²) >= 11 is 0. The van der Waals surface area contributed by atoms with Crippen LogP contribution in [0.5, 0.6) is 0 Å². The van der Waals surface area contributed by atoms with Crippen molar-refractivity contribution in [2.75, 3.05) is 4.90 Å². The summed E-state index contributed by atoms with van der Waals surface area (Å²) in [6.07, 6.45) is 0. The molecule has 2 heteroatoms. The van der Waals surface area contributed by atoms with Gasteiger partial charge < -0.3 is 9.32 Å². The Morgan fingerprint density at radius 2 is 0.957 bits per heavy atom. The molecule has 70 heavy (non-hydrogen) atoms. The van der Waals surface area contributed by atoms with Crippen molar-refractivity contribution >= 4 is 49.8 Å². The molecular weight excluding hydrogens is 847 g/mol. The van der Waals surface area contributed by atoms with Crippen LogP contribution in [0.4, 0.5) is 17.1 Å². The van der Waals surface area contributed by atoms with Crippen LogP contribution < -0.4 is 4.90 Å². The highest BCUT2D eigenvalue weighted by molar-refractivity contribution is 6.10. The molecule has 0 saturated heterocycles. The van der Waals surface area contributed by atoms with Gasteiger partial charge >= 0.3 is 0 Å². The topological polar surface area (TPSA) is 16.4 Å². The number of fused-ring (bicyclic) bond motifs is 7. The van der Waals surface area contributed by atoms with Crippen LogP contribution in [-0.4, -0.2) is 0 Å². The van der Waals surface area contributed by atoms with Crippen LogP contribution in [0, 0.1) is 0 Å². The van der Waals surface area contributed by atoms with Gasteiger partial charge in [0, 0.05) is 39.1 Å². The Hall–Kier alpha value is -7.94. The number of nitrogens with zero attached hydrogens (tertiary/aromatic N) is 1. The first kappa shape index (κ1) is 43.3. The smallest absolute Gasteiger partial charge is 0.137 e. The summed E-state index contributed by atoms with van der Waals surface area (Å²) < 4.78 is 6.65. The van der Waals surface area contributed by atoms with Crippen LogP contribution in [0.15, 0.2) is 223 Å². The number of furan rings is 1. The molecule has 0 bridgehead atoms. The summed E-state index contributed by atoms with van der Waals surface area (Å²) in [5.74, 6) is 0. The third kappa shape index (κ3) is 7.08. The van der Waals surface area contributed by atoms with E-state index >= 15 is 0 Å². The second kappa shape index (κ2) is 16.4. The lowest BCUT2D eigenvalue weighted by Gasteiger charge is -2.31. The van der Waals surface area contributed by atoms with E-state index in [0.717, 1.165) is 55.7 Å². The maximum absolute atomic E-state index is 6.65. The highest BCUT2D eigenvalue weighted by atomic mass is 16.3. The first-order valence-corrected chi connectivity index (χ1v) is 24.7. The monoisotopic (exact) mass is 903 g/mol. The summed E-state index contributed by atoms with van der Waals surface area (Å²) in [6, 6.07) is 80.9. The van der Waals surface area contributed by atoms with Gasteiger partial charge in [0.25, 0.3) is 0 Å². The zero-order valence-electron chi connectivity index (χ0n) is 41.1. The standard InChI is InChI=1S/C68H57NO/c1-66(2,3)48-39-46(40-49(42-48)67(4,5)6)52-29-19-21-44-22-20-30-58(65(44)52)55-27-13-17-33-62(55)69(50-36-38-57-56-28-14-18-34-63(56)70-64(57)43-50)61-32-16-12-25-51(61)45-35-37-54-53-26-11-15-31-59(53)68(7,60(54)41-45)47-23-9-8-10-24-47/h8-43H,1-7H3. The molecule has 0 fully saturated rings. The van der Waals surface area contributed by atoms with Gasteiger partial charge in [-0.05, 0) is 126 Å². The van der Waals surface area contributed by atoms with Gasteiger partial charge in [-0.2, -0.15) is 0 Å². The molecule has 0 amide bonds. The maximum Gasteiger partial charge on any atom is 0.137 e. The highest BCUT2D eigenvalue weighted by Crippen LogP contribution is 2.54. The van der Waals surface area contributed by atoms with E-state index < -0.39 is 0 Å². The maximum atomic E-state index is 6.65. The van der Waals surface area contributed by atoms with Crippen molar-refractivity contribution in [3.8, 4) is 44.5 Å². The Kier molecular flexibility index (Phi) is 10.1. The van der Waals surface area contributed by atoms with E-state index in [-0.39, 0.29) is 16.2 Å². The van der Waals surface area contributed by atoms with Gasteiger partial charge in [-0.1, -0.05) is 217 Å². The molecule has 10 aromatic carbocycles. The molecule has 1 aliphatic rings. The first-order chi connectivity index (χ1) is 33.9. The fraction of sp³-hybridized carbons (Fsp3) is 0.147. The Morgan fingerprint density at radius 1 is 0.386 bits per heavy atom. The molecule has 12 rings (SSSR count). The van der Waals surface area contributed by atoms with Gasteiger partial charge in [0.15, 0.2) is 0 Å². The van der Waals surface area contributed by atoms with E-state index in [9.17, 15) is 0 Å². The van der Waals surface area contributed by atoms with Crippen molar-refractivity contribution in [2.45, 2.75) is 64.7 Å². The van der Waals surface area contributed by atoms with Gasteiger partial charge in [-0.25, -0.2) is 0 Å². The molecule has 2 nitrogen and oxygen atoms in total. The summed E-state index contributed by atoms with van der Waals surface area (Å²) in [4.78, 5) is 2.47. The molecule has 0 N–H and O–H groups in total. The largest absolute Gasteiger partial charge is 0.456 e. The number of benzene rings is 10. The van der Waals surface area contributed by atoms with E-state index in [1.807, 2.05) is 6.07 Å². The summed E-state index contributed by atoms with van der Waals surface area (Å²) in [7, 11) is 0. The van der Waals surface area contributed by atoms with E-state index in [1.54, 1.807) is 0 Å². The minimum atomic E-state index is -0.330. The molecule has 1 heterocycles. The predicted octanol–water partition coefficient (Wildman–Crippen LogP) is 19.1. The van der Waals surface area contributed by atoms with E-state index in [2.05, 4.69) is 266 Å². The van der Waals surface area contributed by atoms with Crippen molar-refractivity contribution in [1.82, 2.24) is 0 Å². The van der Waals surface area contributed by atoms with Crippen molar-refractivity contribution in [1.29, 1.82) is 0 Å². The van der Waals surface area contributed by atoms with Crippen LogP contribution >= 0.6 is 0 Å². The van der Waals surface area contributed by atoms with Gasteiger partial charge in [-0.15, -0.1) is 0 Å². The van der Waals surface area contributed by atoms with Crippen LogP contribution in [-0.2, 0) is 16.2 Å². The molecule has 1 atom stereocenters. The van der Waals surface area contributed by atoms with Gasteiger partial charge in [0.1, 0.15) is 11.2 Å². The zero-order valence-corrected chi connectivity index (χ0v) is 41.1. The van der Waals surface area contributed by atoms with Crippen molar-refractivity contribution in [2.24, 2.45) is 0 Å². The van der Waals surface area contributed by atoms with Crippen LogP contribution in [0.25, 0.3) is 77.2 Å². The molecule has 0 radical (unpaired) electrons. The lowest BCUT2D eigenvalue weighted by atomic mass is 9.74. The zero-order chi connectivity index (χ0) is 47.9. The van der Waals surface area contributed by atoms with Crippen LogP contribution in [0.3, 0.4) is 0 Å². The van der Waals surface area contributed by atoms with Crippen LogP contribution in [0.1, 0.15) is 76.3 Å². The molecule has 1 aromatic heterocycles. The number of hydrogen-bond acceptors (Lipinski definition) is 2. The minimum absolute atomic E-state index is 0.0200. The molecule has 1 unspecified atom stereocenters. The fourth-order valence-electron chi connectivity index (χ4n) is 11.3. The lowest BCUT2D eigenvalue weighted by molar-refractivity contribution is 0.569. The highest BCUT2D eigenvalue weighted by Gasteiger charge is 2.41. The van der Waals surface area contributed by atoms with Gasteiger partial charge in [0.2, 0.25) is 0 Å². The quantitative estimate of drug-likeness (QED) is 0.158.